The van der Waals surface area contributed by atoms with Gasteiger partial charge in [0.25, 0.3) is 0 Å². The van der Waals surface area contributed by atoms with Crippen molar-refractivity contribution in [3.63, 3.8) is 0 Å². The van der Waals surface area contributed by atoms with Crippen LogP contribution in [-0.2, 0) is 9.59 Å². The first-order valence-electron chi connectivity index (χ1n) is 7.00. The first-order chi connectivity index (χ1) is 8.75. The highest BCUT2D eigenvalue weighted by molar-refractivity contribution is 5.86. The standard InChI is InChI=1S/C14H29N3O2/c1-6-16-12(18)10-17(7-2)13(19)11(9-15)8-14(3,4)5/h11H,6-10,15H2,1-5H3,(H,16,18). The van der Waals surface area contributed by atoms with Crippen LogP contribution in [0.25, 0.3) is 0 Å². The van der Waals surface area contributed by atoms with Crippen molar-refractivity contribution >= 4 is 11.8 Å². The number of nitrogens with two attached hydrogens (primary N) is 1. The number of hydrogen-bond donors (Lipinski definition) is 2. The zero-order valence-electron chi connectivity index (χ0n) is 13.0. The molecule has 0 aliphatic carbocycles. The molecule has 1 atom stereocenters. The van der Waals surface area contributed by atoms with Crippen LogP contribution >= 0.6 is 0 Å². The number of amides is 2. The Labute approximate surface area is 116 Å². The van der Waals surface area contributed by atoms with Crippen molar-refractivity contribution in [1.82, 2.24) is 10.2 Å². The summed E-state index contributed by atoms with van der Waals surface area (Å²) in [4.78, 5) is 25.5. The first-order valence-corrected chi connectivity index (χ1v) is 7.00. The van der Waals surface area contributed by atoms with E-state index in [1.54, 1.807) is 4.90 Å². The van der Waals surface area contributed by atoms with Gasteiger partial charge in [-0.1, -0.05) is 20.8 Å². The van der Waals surface area contributed by atoms with Crippen LogP contribution in [0.3, 0.4) is 0 Å². The van der Waals surface area contributed by atoms with Gasteiger partial charge in [0.05, 0.1) is 12.5 Å². The third-order valence-electron chi connectivity index (χ3n) is 2.89. The summed E-state index contributed by atoms with van der Waals surface area (Å²) in [7, 11) is 0. The maximum atomic E-state index is 12.4. The minimum absolute atomic E-state index is 0.0221. The lowest BCUT2D eigenvalue weighted by Crippen LogP contribution is -2.45. The number of carbonyl (C=O) groups is 2. The number of nitrogens with one attached hydrogen (secondary N) is 1. The molecular weight excluding hydrogens is 242 g/mol. The van der Waals surface area contributed by atoms with Gasteiger partial charge in [0.1, 0.15) is 0 Å². The van der Waals surface area contributed by atoms with Gasteiger partial charge < -0.3 is 16.0 Å². The summed E-state index contributed by atoms with van der Waals surface area (Å²) in [5.41, 5.74) is 5.76. The molecule has 0 saturated carbocycles. The minimum Gasteiger partial charge on any atom is -0.355 e. The Morgan fingerprint density at radius 3 is 2.21 bits per heavy atom. The number of nitrogens with zero attached hydrogens (tertiary/aromatic N) is 1. The van der Waals surface area contributed by atoms with Crippen LogP contribution in [-0.4, -0.2) is 42.9 Å². The molecule has 0 aliphatic heterocycles. The van der Waals surface area contributed by atoms with Gasteiger partial charge in [0, 0.05) is 19.6 Å². The monoisotopic (exact) mass is 271 g/mol. The Morgan fingerprint density at radius 1 is 1.26 bits per heavy atom. The molecular formula is C14H29N3O2. The molecule has 0 radical (unpaired) electrons. The molecule has 0 fully saturated rings. The molecule has 0 heterocycles. The molecule has 2 amide bonds. The molecule has 112 valence electrons. The molecule has 0 aliphatic rings. The van der Waals surface area contributed by atoms with Gasteiger partial charge in [-0.25, -0.2) is 0 Å². The highest BCUT2D eigenvalue weighted by Crippen LogP contribution is 2.25. The van der Waals surface area contributed by atoms with Gasteiger partial charge in [-0.2, -0.15) is 0 Å². The van der Waals surface area contributed by atoms with E-state index < -0.39 is 0 Å². The van der Waals surface area contributed by atoms with Crippen LogP contribution in [0.2, 0.25) is 0 Å². The molecule has 0 aromatic heterocycles. The smallest absolute Gasteiger partial charge is 0.239 e. The summed E-state index contributed by atoms with van der Waals surface area (Å²) in [6, 6.07) is 0. The Bertz CT molecular complexity index is 298. The Hall–Kier alpha value is -1.10. The molecule has 5 nitrogen and oxygen atoms in total. The van der Waals surface area contributed by atoms with Crippen LogP contribution in [0.4, 0.5) is 0 Å². The topological polar surface area (TPSA) is 75.4 Å². The Kier molecular flexibility index (Phi) is 7.68. The summed E-state index contributed by atoms with van der Waals surface area (Å²) in [5.74, 6) is -0.357. The number of rotatable bonds is 7. The molecule has 19 heavy (non-hydrogen) atoms. The van der Waals surface area contributed by atoms with Crippen LogP contribution in [0, 0.1) is 11.3 Å². The van der Waals surface area contributed by atoms with Crippen molar-refractivity contribution in [2.45, 2.75) is 41.0 Å². The average molecular weight is 271 g/mol. The number of hydrogen-bond acceptors (Lipinski definition) is 3. The Balaban J connectivity index is 4.66. The summed E-state index contributed by atoms with van der Waals surface area (Å²) >= 11 is 0. The highest BCUT2D eigenvalue weighted by atomic mass is 16.2. The summed E-state index contributed by atoms with van der Waals surface area (Å²) in [5, 5.41) is 2.71. The molecule has 3 N–H and O–H groups in total. The fourth-order valence-electron chi connectivity index (χ4n) is 2.04. The molecule has 0 aromatic rings. The van der Waals surface area contributed by atoms with E-state index in [9.17, 15) is 9.59 Å². The van der Waals surface area contributed by atoms with E-state index in [0.29, 0.717) is 19.6 Å². The van der Waals surface area contributed by atoms with Gasteiger partial charge >= 0.3 is 0 Å². The molecule has 0 bridgehead atoms. The van der Waals surface area contributed by atoms with Crippen LogP contribution in [0.1, 0.15) is 41.0 Å². The first kappa shape index (κ1) is 17.9. The summed E-state index contributed by atoms with van der Waals surface area (Å²) < 4.78 is 0. The van der Waals surface area contributed by atoms with Crippen molar-refractivity contribution in [3.05, 3.63) is 0 Å². The van der Waals surface area contributed by atoms with Gasteiger partial charge in [-0.15, -0.1) is 0 Å². The average Bonchev–Trinajstić information content (AvgIpc) is 2.31. The predicted octanol–water partition coefficient (Wildman–Crippen LogP) is 0.982. The molecule has 0 rings (SSSR count). The van der Waals surface area contributed by atoms with E-state index in [1.807, 2.05) is 13.8 Å². The predicted molar refractivity (Wildman–Crippen MR) is 77.6 cm³/mol. The van der Waals surface area contributed by atoms with Crippen LogP contribution in [0.15, 0.2) is 0 Å². The second-order valence-corrected chi connectivity index (χ2v) is 6.00. The summed E-state index contributed by atoms with van der Waals surface area (Å²) in [6.45, 7) is 11.5. The van der Waals surface area contributed by atoms with Crippen molar-refractivity contribution in [2.24, 2.45) is 17.1 Å². The van der Waals surface area contributed by atoms with Crippen molar-refractivity contribution < 1.29 is 9.59 Å². The second kappa shape index (κ2) is 8.15. The zero-order chi connectivity index (χ0) is 15.1. The maximum Gasteiger partial charge on any atom is 0.239 e. The third kappa shape index (κ3) is 7.15. The third-order valence-corrected chi connectivity index (χ3v) is 2.89. The molecule has 0 spiro atoms. The molecule has 0 saturated heterocycles. The summed E-state index contributed by atoms with van der Waals surface area (Å²) in [6.07, 6.45) is 0.730. The highest BCUT2D eigenvalue weighted by Gasteiger charge is 2.27. The maximum absolute atomic E-state index is 12.4. The zero-order valence-corrected chi connectivity index (χ0v) is 13.0. The number of carbonyl (C=O) groups excluding carboxylic acids is 2. The van der Waals surface area contributed by atoms with Crippen molar-refractivity contribution in [1.29, 1.82) is 0 Å². The van der Waals surface area contributed by atoms with Crippen LogP contribution < -0.4 is 11.1 Å². The minimum atomic E-state index is -0.214. The largest absolute Gasteiger partial charge is 0.355 e. The van der Waals surface area contributed by atoms with Crippen LogP contribution in [0.5, 0.6) is 0 Å². The van der Waals surface area contributed by atoms with E-state index >= 15 is 0 Å². The van der Waals surface area contributed by atoms with Gasteiger partial charge in [0.2, 0.25) is 11.8 Å². The fraction of sp³-hybridized carbons (Fsp3) is 0.857. The molecule has 5 heteroatoms. The van der Waals surface area contributed by atoms with Gasteiger partial charge in [-0.3, -0.25) is 9.59 Å². The molecule has 1 unspecified atom stereocenters. The number of likely N-dealkylation sites (N-methyl/N-ethyl adjacent to an activating group) is 2. The van der Waals surface area contributed by atoms with E-state index in [-0.39, 0.29) is 29.7 Å². The lowest BCUT2D eigenvalue weighted by Gasteiger charge is -2.29. The van der Waals surface area contributed by atoms with Crippen molar-refractivity contribution in [3.8, 4) is 0 Å². The van der Waals surface area contributed by atoms with Gasteiger partial charge in [0.15, 0.2) is 0 Å². The van der Waals surface area contributed by atoms with E-state index in [0.717, 1.165) is 6.42 Å². The second-order valence-electron chi connectivity index (χ2n) is 6.00. The van der Waals surface area contributed by atoms with E-state index in [4.69, 9.17) is 5.73 Å². The lowest BCUT2D eigenvalue weighted by atomic mass is 9.84. The van der Waals surface area contributed by atoms with E-state index in [2.05, 4.69) is 26.1 Å². The quantitative estimate of drug-likeness (QED) is 0.725. The Morgan fingerprint density at radius 2 is 1.84 bits per heavy atom. The fourth-order valence-corrected chi connectivity index (χ4v) is 2.04. The van der Waals surface area contributed by atoms with E-state index in [1.165, 1.54) is 0 Å². The van der Waals surface area contributed by atoms with Gasteiger partial charge in [-0.05, 0) is 25.7 Å². The SMILES string of the molecule is CCNC(=O)CN(CC)C(=O)C(CN)CC(C)(C)C. The lowest BCUT2D eigenvalue weighted by molar-refractivity contribution is -0.139. The normalized spacial score (nSPS) is 12.9. The van der Waals surface area contributed by atoms with Crippen molar-refractivity contribution in [2.75, 3.05) is 26.2 Å². The molecule has 0 aromatic carbocycles.